The van der Waals surface area contributed by atoms with Crippen LogP contribution in [-0.4, -0.2) is 52.5 Å². The molecule has 4 rings (SSSR count). The summed E-state index contributed by atoms with van der Waals surface area (Å²) in [4.78, 5) is 43.0. The van der Waals surface area contributed by atoms with Crippen molar-refractivity contribution in [1.82, 2.24) is 10.2 Å². The van der Waals surface area contributed by atoms with E-state index in [1.807, 2.05) is 48.7 Å². The van der Waals surface area contributed by atoms with Crippen LogP contribution in [-0.2, 0) is 14.3 Å². The molecule has 1 saturated carbocycles. The molecule has 3 amide bonds. The van der Waals surface area contributed by atoms with Crippen LogP contribution >= 0.6 is 11.8 Å². The number of ether oxygens (including phenoxy) is 1. The molecule has 0 radical (unpaired) electrons. The predicted molar refractivity (Wildman–Crippen MR) is 170 cm³/mol. The molecule has 4 atom stereocenters. The van der Waals surface area contributed by atoms with Crippen LogP contribution in [0.25, 0.3) is 10.8 Å². The van der Waals surface area contributed by atoms with Gasteiger partial charge in [-0.05, 0) is 92.1 Å². The van der Waals surface area contributed by atoms with E-state index in [0.29, 0.717) is 29.0 Å². The van der Waals surface area contributed by atoms with Crippen molar-refractivity contribution >= 4 is 46.1 Å². The Morgan fingerprint density at radius 1 is 1.07 bits per heavy atom. The lowest BCUT2D eigenvalue weighted by Gasteiger charge is -2.35. The first-order valence-electron chi connectivity index (χ1n) is 14.2. The number of nitrogens with zero attached hydrogens (tertiary/aromatic N) is 1. The number of rotatable bonds is 10. The van der Waals surface area contributed by atoms with Gasteiger partial charge in [-0.3, -0.25) is 9.59 Å². The monoisotopic (exact) mass is 585 g/mol. The second kappa shape index (κ2) is 13.3. The fourth-order valence-corrected chi connectivity index (χ4v) is 5.44. The SMILES string of the molecule is C#Cc1ccc(C(C(=O)Nc2ccc3ccccc3c2)N(C(=O)C(CCSC)NC(=O)OC(C)(C)C)C2CC2C)cc1. The summed E-state index contributed by atoms with van der Waals surface area (Å²) in [6.07, 6.45) is 8.03. The molecular formula is C34H39N3O4S. The van der Waals surface area contributed by atoms with Crippen LogP contribution < -0.4 is 10.6 Å². The number of fused-ring (bicyclic) bond motifs is 1. The number of terminal acetylenes is 1. The second-order valence-electron chi connectivity index (χ2n) is 11.7. The summed E-state index contributed by atoms with van der Waals surface area (Å²) in [5.74, 6) is 2.80. The third-order valence-electron chi connectivity index (χ3n) is 7.22. The molecule has 1 aliphatic carbocycles. The smallest absolute Gasteiger partial charge is 0.408 e. The van der Waals surface area contributed by atoms with E-state index in [1.165, 1.54) is 0 Å². The standard InChI is InChI=1S/C34H39N3O4S/c1-7-23-12-14-25(15-13-23)30(31(38)35-27-17-16-24-10-8-9-11-26(24)21-27)37(29-20-22(29)2)32(39)28(18-19-42-6)36-33(40)41-34(3,4)5/h1,8-17,21-22,28-30H,18-20H2,2-6H3,(H,35,38)(H,36,40). The van der Waals surface area contributed by atoms with Gasteiger partial charge in [-0.25, -0.2) is 4.79 Å². The highest BCUT2D eigenvalue weighted by Gasteiger charge is 2.48. The molecule has 7 nitrogen and oxygen atoms in total. The van der Waals surface area contributed by atoms with Crippen molar-refractivity contribution in [3.05, 3.63) is 77.9 Å². The molecule has 0 heterocycles. The highest BCUT2D eigenvalue weighted by Crippen LogP contribution is 2.41. The molecule has 220 valence electrons. The van der Waals surface area contributed by atoms with Crippen molar-refractivity contribution in [3.63, 3.8) is 0 Å². The average molecular weight is 586 g/mol. The van der Waals surface area contributed by atoms with Crippen LogP contribution in [0.5, 0.6) is 0 Å². The Bertz CT molecular complexity index is 1470. The van der Waals surface area contributed by atoms with Gasteiger partial charge in [0.25, 0.3) is 5.91 Å². The molecule has 0 saturated heterocycles. The van der Waals surface area contributed by atoms with Gasteiger partial charge >= 0.3 is 6.09 Å². The Morgan fingerprint density at radius 2 is 1.74 bits per heavy atom. The van der Waals surface area contributed by atoms with E-state index < -0.39 is 23.8 Å². The molecule has 2 N–H and O–H groups in total. The minimum atomic E-state index is -0.942. The highest BCUT2D eigenvalue weighted by molar-refractivity contribution is 7.98. The molecule has 0 aliphatic heterocycles. The molecule has 42 heavy (non-hydrogen) atoms. The second-order valence-corrected chi connectivity index (χ2v) is 12.7. The van der Waals surface area contributed by atoms with E-state index in [4.69, 9.17) is 11.2 Å². The molecule has 0 spiro atoms. The van der Waals surface area contributed by atoms with Gasteiger partial charge in [0, 0.05) is 17.3 Å². The molecule has 4 unspecified atom stereocenters. The van der Waals surface area contributed by atoms with Crippen LogP contribution in [0.2, 0.25) is 0 Å². The van der Waals surface area contributed by atoms with Crippen LogP contribution in [0.4, 0.5) is 10.5 Å². The van der Waals surface area contributed by atoms with Gasteiger partial charge in [0.1, 0.15) is 17.7 Å². The first kappa shape index (κ1) is 31.0. The van der Waals surface area contributed by atoms with Crippen molar-refractivity contribution in [3.8, 4) is 12.3 Å². The lowest BCUT2D eigenvalue weighted by Crippen LogP contribution is -2.53. The number of carbonyl (C=O) groups is 3. The zero-order chi connectivity index (χ0) is 30.4. The van der Waals surface area contributed by atoms with E-state index in [-0.39, 0.29) is 23.8 Å². The van der Waals surface area contributed by atoms with E-state index in [9.17, 15) is 14.4 Å². The van der Waals surface area contributed by atoms with Crippen molar-refractivity contribution in [1.29, 1.82) is 0 Å². The maximum atomic E-state index is 14.4. The fourth-order valence-electron chi connectivity index (χ4n) is 4.97. The van der Waals surface area contributed by atoms with Crippen LogP contribution in [0.15, 0.2) is 66.7 Å². The number of alkyl carbamates (subject to hydrolysis) is 1. The molecule has 0 bridgehead atoms. The van der Waals surface area contributed by atoms with Crippen LogP contribution in [0.3, 0.4) is 0 Å². The molecule has 8 heteroatoms. The van der Waals surface area contributed by atoms with Gasteiger partial charge in [0.05, 0.1) is 0 Å². The van der Waals surface area contributed by atoms with Crippen molar-refractivity contribution in [2.24, 2.45) is 5.92 Å². The first-order valence-corrected chi connectivity index (χ1v) is 15.6. The Balaban J connectivity index is 1.72. The van der Waals surface area contributed by atoms with Crippen LogP contribution in [0, 0.1) is 18.3 Å². The maximum Gasteiger partial charge on any atom is 0.408 e. The number of amides is 3. The molecule has 3 aromatic carbocycles. The lowest BCUT2D eigenvalue weighted by molar-refractivity contribution is -0.141. The first-order chi connectivity index (χ1) is 20.0. The Morgan fingerprint density at radius 3 is 2.33 bits per heavy atom. The number of hydrogen-bond acceptors (Lipinski definition) is 5. The number of carbonyl (C=O) groups excluding carboxylic acids is 3. The Hall–Kier alpha value is -3.96. The number of hydrogen-bond donors (Lipinski definition) is 2. The largest absolute Gasteiger partial charge is 0.444 e. The van der Waals surface area contributed by atoms with Crippen molar-refractivity contribution in [2.75, 3.05) is 17.3 Å². The third-order valence-corrected chi connectivity index (χ3v) is 7.86. The van der Waals surface area contributed by atoms with E-state index in [0.717, 1.165) is 17.2 Å². The number of nitrogens with one attached hydrogen (secondary N) is 2. The van der Waals surface area contributed by atoms with E-state index >= 15 is 0 Å². The molecule has 1 aliphatic rings. The highest BCUT2D eigenvalue weighted by atomic mass is 32.2. The Kier molecular flexibility index (Phi) is 9.85. The fraction of sp³-hybridized carbons (Fsp3) is 0.382. The van der Waals surface area contributed by atoms with E-state index in [2.05, 4.69) is 23.5 Å². The topological polar surface area (TPSA) is 87.7 Å². The number of benzene rings is 3. The van der Waals surface area contributed by atoms with E-state index in [1.54, 1.807) is 61.7 Å². The summed E-state index contributed by atoms with van der Waals surface area (Å²) in [5, 5.41) is 7.91. The summed E-state index contributed by atoms with van der Waals surface area (Å²) in [5.41, 5.74) is 1.23. The van der Waals surface area contributed by atoms with Gasteiger partial charge in [-0.15, -0.1) is 6.42 Å². The van der Waals surface area contributed by atoms with Gasteiger partial charge in [-0.1, -0.05) is 55.3 Å². The molecule has 0 aromatic heterocycles. The minimum absolute atomic E-state index is 0.158. The normalized spacial score (nSPS) is 17.4. The minimum Gasteiger partial charge on any atom is -0.444 e. The number of thioether (sulfide) groups is 1. The quantitative estimate of drug-likeness (QED) is 0.270. The zero-order valence-electron chi connectivity index (χ0n) is 24.8. The molecule has 3 aromatic rings. The molecule has 1 fully saturated rings. The average Bonchev–Trinajstić information content (AvgIpc) is 3.68. The van der Waals surface area contributed by atoms with Gasteiger partial charge in [0.15, 0.2) is 0 Å². The molecular weight excluding hydrogens is 546 g/mol. The summed E-state index contributed by atoms with van der Waals surface area (Å²) >= 11 is 1.58. The summed E-state index contributed by atoms with van der Waals surface area (Å²) in [6, 6.07) is 18.8. The van der Waals surface area contributed by atoms with Gasteiger partial charge in [0.2, 0.25) is 5.91 Å². The van der Waals surface area contributed by atoms with Crippen LogP contribution in [0.1, 0.15) is 57.7 Å². The lowest BCUT2D eigenvalue weighted by atomic mass is 10.00. The van der Waals surface area contributed by atoms with Crippen molar-refractivity contribution < 1.29 is 19.1 Å². The summed E-state index contributed by atoms with van der Waals surface area (Å²) in [6.45, 7) is 7.38. The third kappa shape index (κ3) is 7.86. The summed E-state index contributed by atoms with van der Waals surface area (Å²) in [7, 11) is 0. The maximum absolute atomic E-state index is 14.4. The van der Waals surface area contributed by atoms with Gasteiger partial charge in [-0.2, -0.15) is 11.8 Å². The summed E-state index contributed by atoms with van der Waals surface area (Å²) < 4.78 is 5.48. The Labute approximate surface area is 252 Å². The van der Waals surface area contributed by atoms with Gasteiger partial charge < -0.3 is 20.3 Å². The predicted octanol–water partition coefficient (Wildman–Crippen LogP) is 6.38. The van der Waals surface area contributed by atoms with Crippen molar-refractivity contribution in [2.45, 2.75) is 64.3 Å². The zero-order valence-corrected chi connectivity index (χ0v) is 25.7. The number of anilines is 1.